The fourth-order valence-corrected chi connectivity index (χ4v) is 2.33. The summed E-state index contributed by atoms with van der Waals surface area (Å²) in [4.78, 5) is 33.7. The first-order valence-corrected chi connectivity index (χ1v) is 6.06. The van der Waals surface area contributed by atoms with Crippen molar-refractivity contribution in [2.24, 2.45) is 11.7 Å². The third-order valence-electron chi connectivity index (χ3n) is 3.42. The summed E-state index contributed by atoms with van der Waals surface area (Å²) < 4.78 is 13.7. The second kappa shape index (κ2) is 5.35. The Balaban J connectivity index is 2.44. The SMILES string of the molecule is NC(=O)C1CCN(c2cc(F)c(C(=O)O)cc2[N+](=O)[O-])C1. The van der Waals surface area contributed by atoms with Crippen LogP contribution in [0.4, 0.5) is 15.8 Å². The molecule has 0 radical (unpaired) electrons. The number of hydrogen-bond acceptors (Lipinski definition) is 5. The first-order chi connectivity index (χ1) is 9.81. The third-order valence-corrected chi connectivity index (χ3v) is 3.42. The molecule has 1 aliphatic heterocycles. The minimum Gasteiger partial charge on any atom is -0.478 e. The molecule has 1 aromatic carbocycles. The van der Waals surface area contributed by atoms with E-state index >= 15 is 0 Å². The van der Waals surface area contributed by atoms with Crippen molar-refractivity contribution >= 4 is 23.3 Å². The van der Waals surface area contributed by atoms with E-state index < -0.39 is 39.8 Å². The van der Waals surface area contributed by atoms with Crippen LogP contribution in [0, 0.1) is 21.8 Å². The molecule has 21 heavy (non-hydrogen) atoms. The molecule has 1 saturated heterocycles. The molecule has 1 aromatic rings. The maximum atomic E-state index is 13.7. The lowest BCUT2D eigenvalue weighted by atomic mass is 10.1. The van der Waals surface area contributed by atoms with Crippen molar-refractivity contribution < 1.29 is 24.0 Å². The molecule has 1 atom stereocenters. The van der Waals surface area contributed by atoms with E-state index in [2.05, 4.69) is 0 Å². The van der Waals surface area contributed by atoms with Gasteiger partial charge in [-0.25, -0.2) is 9.18 Å². The molecule has 3 N–H and O–H groups in total. The molecular weight excluding hydrogens is 285 g/mol. The van der Waals surface area contributed by atoms with Gasteiger partial charge in [0.1, 0.15) is 17.1 Å². The number of nitrogens with two attached hydrogens (primary N) is 1. The molecule has 1 aliphatic rings. The van der Waals surface area contributed by atoms with Crippen LogP contribution in [-0.2, 0) is 4.79 Å². The smallest absolute Gasteiger partial charge is 0.338 e. The molecule has 8 nitrogen and oxygen atoms in total. The Kier molecular flexibility index (Phi) is 3.74. The Hall–Kier alpha value is -2.71. The molecule has 112 valence electrons. The van der Waals surface area contributed by atoms with Crippen molar-refractivity contribution in [2.75, 3.05) is 18.0 Å². The van der Waals surface area contributed by atoms with E-state index in [-0.39, 0.29) is 12.2 Å². The fourth-order valence-electron chi connectivity index (χ4n) is 2.33. The number of amides is 1. The quantitative estimate of drug-likeness (QED) is 0.623. The molecule has 1 unspecified atom stereocenters. The molecule has 0 saturated carbocycles. The van der Waals surface area contributed by atoms with Crippen LogP contribution in [-0.4, -0.2) is 35.0 Å². The van der Waals surface area contributed by atoms with Crippen molar-refractivity contribution in [3.63, 3.8) is 0 Å². The van der Waals surface area contributed by atoms with Gasteiger partial charge in [0.2, 0.25) is 5.91 Å². The van der Waals surface area contributed by atoms with Crippen LogP contribution in [0.1, 0.15) is 16.8 Å². The number of carbonyl (C=O) groups excluding carboxylic acids is 1. The first kappa shape index (κ1) is 14.7. The monoisotopic (exact) mass is 297 g/mol. The number of anilines is 1. The molecule has 0 bridgehead atoms. The summed E-state index contributed by atoms with van der Waals surface area (Å²) in [6.07, 6.45) is 0.411. The van der Waals surface area contributed by atoms with E-state index in [0.29, 0.717) is 19.0 Å². The van der Waals surface area contributed by atoms with Gasteiger partial charge in [-0.3, -0.25) is 14.9 Å². The van der Waals surface area contributed by atoms with E-state index in [9.17, 15) is 24.1 Å². The summed E-state index contributed by atoms with van der Waals surface area (Å²) in [5, 5.41) is 19.9. The van der Waals surface area contributed by atoms with E-state index in [0.717, 1.165) is 6.07 Å². The van der Waals surface area contributed by atoms with Gasteiger partial charge in [0.25, 0.3) is 5.69 Å². The van der Waals surface area contributed by atoms with Crippen LogP contribution in [0.25, 0.3) is 0 Å². The lowest BCUT2D eigenvalue weighted by molar-refractivity contribution is -0.384. The Morgan fingerprint density at radius 1 is 1.48 bits per heavy atom. The number of hydrogen-bond donors (Lipinski definition) is 2. The molecule has 0 aliphatic carbocycles. The van der Waals surface area contributed by atoms with Crippen molar-refractivity contribution in [2.45, 2.75) is 6.42 Å². The number of carbonyl (C=O) groups is 2. The third kappa shape index (κ3) is 2.76. The minimum atomic E-state index is -1.58. The summed E-state index contributed by atoms with van der Waals surface area (Å²) in [7, 11) is 0. The predicted molar refractivity (Wildman–Crippen MR) is 69.5 cm³/mol. The number of carboxylic acid groups (broad SMARTS) is 1. The maximum Gasteiger partial charge on any atom is 0.338 e. The van der Waals surface area contributed by atoms with Crippen LogP contribution in [0.15, 0.2) is 12.1 Å². The highest BCUT2D eigenvalue weighted by atomic mass is 19.1. The zero-order chi connectivity index (χ0) is 15.7. The van der Waals surface area contributed by atoms with Gasteiger partial charge in [0, 0.05) is 25.2 Å². The van der Waals surface area contributed by atoms with Crippen LogP contribution in [0.3, 0.4) is 0 Å². The standard InChI is InChI=1S/C12H12FN3O5/c13-8-4-9(15-2-1-6(5-15)11(14)17)10(16(20)21)3-7(8)12(18)19/h3-4,6H,1-2,5H2,(H2,14,17)(H,18,19). The number of nitro benzene ring substituents is 1. The minimum absolute atomic E-state index is 0.0498. The van der Waals surface area contributed by atoms with Gasteiger partial charge in [-0.05, 0) is 6.42 Å². The molecule has 1 fully saturated rings. The average molecular weight is 297 g/mol. The van der Waals surface area contributed by atoms with Crippen LogP contribution in [0.2, 0.25) is 0 Å². The van der Waals surface area contributed by atoms with Gasteiger partial charge in [0.15, 0.2) is 0 Å². The fraction of sp³-hybridized carbons (Fsp3) is 0.333. The summed E-state index contributed by atoms with van der Waals surface area (Å²) >= 11 is 0. The van der Waals surface area contributed by atoms with Crippen molar-refractivity contribution in [3.05, 3.63) is 33.6 Å². The van der Waals surface area contributed by atoms with Gasteiger partial charge in [-0.1, -0.05) is 0 Å². The lowest BCUT2D eigenvalue weighted by Crippen LogP contribution is -2.27. The Morgan fingerprint density at radius 2 is 2.14 bits per heavy atom. The lowest BCUT2D eigenvalue weighted by Gasteiger charge is -2.18. The highest BCUT2D eigenvalue weighted by Gasteiger charge is 2.32. The van der Waals surface area contributed by atoms with Crippen LogP contribution >= 0.6 is 0 Å². The van der Waals surface area contributed by atoms with E-state index in [1.165, 1.54) is 4.90 Å². The zero-order valence-electron chi connectivity index (χ0n) is 10.8. The predicted octanol–water partition coefficient (Wildman–Crippen LogP) is 0.744. The summed E-state index contributed by atoms with van der Waals surface area (Å²) in [6, 6.07) is 1.50. The number of aromatic carboxylic acids is 1. The summed E-state index contributed by atoms with van der Waals surface area (Å²) in [5.74, 6) is -3.64. The van der Waals surface area contributed by atoms with Crippen LogP contribution < -0.4 is 10.6 Å². The molecule has 9 heteroatoms. The molecule has 0 aromatic heterocycles. The summed E-state index contributed by atoms with van der Waals surface area (Å²) in [5.41, 5.74) is 3.85. The van der Waals surface area contributed by atoms with Gasteiger partial charge in [-0.2, -0.15) is 0 Å². The molecular formula is C12H12FN3O5. The number of nitrogens with zero attached hydrogens (tertiary/aromatic N) is 2. The Bertz CT molecular complexity index is 634. The second-order valence-electron chi connectivity index (χ2n) is 4.72. The van der Waals surface area contributed by atoms with E-state index in [1.807, 2.05) is 0 Å². The summed E-state index contributed by atoms with van der Waals surface area (Å²) in [6.45, 7) is 0.447. The van der Waals surface area contributed by atoms with Gasteiger partial charge < -0.3 is 15.7 Å². The molecule has 2 rings (SSSR count). The number of benzene rings is 1. The average Bonchev–Trinajstić information content (AvgIpc) is 2.87. The molecule has 1 amide bonds. The molecule has 1 heterocycles. The number of halogens is 1. The number of primary amides is 1. The Labute approximate surface area is 118 Å². The van der Waals surface area contributed by atoms with Crippen molar-refractivity contribution in [1.29, 1.82) is 0 Å². The Morgan fingerprint density at radius 3 is 2.62 bits per heavy atom. The molecule has 0 spiro atoms. The number of rotatable bonds is 4. The number of carboxylic acids is 1. The van der Waals surface area contributed by atoms with Crippen LogP contribution in [0.5, 0.6) is 0 Å². The van der Waals surface area contributed by atoms with E-state index in [1.54, 1.807) is 0 Å². The van der Waals surface area contributed by atoms with E-state index in [4.69, 9.17) is 10.8 Å². The first-order valence-electron chi connectivity index (χ1n) is 6.06. The number of nitro groups is 1. The highest BCUT2D eigenvalue weighted by Crippen LogP contribution is 2.34. The van der Waals surface area contributed by atoms with Gasteiger partial charge >= 0.3 is 5.97 Å². The highest BCUT2D eigenvalue weighted by molar-refractivity contribution is 5.90. The van der Waals surface area contributed by atoms with Crippen molar-refractivity contribution in [1.82, 2.24) is 0 Å². The maximum absolute atomic E-state index is 13.7. The van der Waals surface area contributed by atoms with Crippen molar-refractivity contribution in [3.8, 4) is 0 Å². The van der Waals surface area contributed by atoms with Gasteiger partial charge in [-0.15, -0.1) is 0 Å². The van der Waals surface area contributed by atoms with Gasteiger partial charge in [0.05, 0.1) is 10.8 Å². The largest absolute Gasteiger partial charge is 0.478 e. The topological polar surface area (TPSA) is 127 Å². The zero-order valence-corrected chi connectivity index (χ0v) is 10.8. The second-order valence-corrected chi connectivity index (χ2v) is 4.72. The normalized spacial score (nSPS) is 17.8.